The Hall–Kier alpha value is -0.990. The van der Waals surface area contributed by atoms with Crippen LogP contribution in [0.25, 0.3) is 0 Å². The molecule has 1 N–H and O–H groups in total. The van der Waals surface area contributed by atoms with E-state index in [0.29, 0.717) is 0 Å². The molecular weight excluding hydrogens is 128 g/mol. The summed E-state index contributed by atoms with van der Waals surface area (Å²) in [4.78, 5) is 11.0. The van der Waals surface area contributed by atoms with Crippen molar-refractivity contribution < 1.29 is 0 Å². The Kier molecular flexibility index (Phi) is 1.94. The summed E-state index contributed by atoms with van der Waals surface area (Å²) in [5.41, 5.74) is 0.0503. The van der Waals surface area contributed by atoms with Gasteiger partial charge in [-0.1, -0.05) is 6.92 Å². The largest absolute Gasteiger partial charge is 0.303 e. The molecule has 0 aliphatic rings. The molecule has 0 aliphatic carbocycles. The smallest absolute Gasteiger partial charge is 0.266 e. The third-order valence-electron chi connectivity index (χ3n) is 1.71. The zero-order valence-electron chi connectivity index (χ0n) is 6.29. The minimum absolute atomic E-state index is 0.0503. The number of H-pyrrole nitrogens is 1. The first-order valence-corrected chi connectivity index (χ1v) is 3.51. The van der Waals surface area contributed by atoms with Gasteiger partial charge in [0, 0.05) is 12.3 Å². The second-order valence-electron chi connectivity index (χ2n) is 2.43. The summed E-state index contributed by atoms with van der Waals surface area (Å²) in [6.45, 7) is 4.07. The molecule has 0 aromatic carbocycles. The highest BCUT2D eigenvalue weighted by atomic mass is 16.1. The first-order chi connectivity index (χ1) is 4.75. The van der Waals surface area contributed by atoms with Crippen molar-refractivity contribution in [1.29, 1.82) is 0 Å². The Morgan fingerprint density at radius 1 is 1.80 bits per heavy atom. The predicted molar refractivity (Wildman–Crippen MR) is 40.1 cm³/mol. The van der Waals surface area contributed by atoms with Gasteiger partial charge in [0.2, 0.25) is 0 Å². The molecule has 1 rings (SSSR count). The molecule has 1 aromatic rings. The lowest BCUT2D eigenvalue weighted by Crippen LogP contribution is -2.19. The first-order valence-electron chi connectivity index (χ1n) is 3.51. The average molecular weight is 140 g/mol. The van der Waals surface area contributed by atoms with Gasteiger partial charge >= 0.3 is 0 Å². The Bertz CT molecular complexity index is 248. The van der Waals surface area contributed by atoms with E-state index in [1.54, 1.807) is 10.9 Å². The molecule has 0 aliphatic heterocycles. The molecule has 0 amide bonds. The van der Waals surface area contributed by atoms with Crippen LogP contribution in [0.4, 0.5) is 0 Å². The Morgan fingerprint density at radius 3 is 2.90 bits per heavy atom. The van der Waals surface area contributed by atoms with Gasteiger partial charge in [-0.3, -0.25) is 9.48 Å². The maximum absolute atomic E-state index is 11.0. The molecule has 0 saturated carbocycles. The number of aromatic nitrogens is 2. The molecule has 1 aromatic heterocycles. The third kappa shape index (κ3) is 1.12. The van der Waals surface area contributed by atoms with Gasteiger partial charge in [-0.25, -0.2) is 0 Å². The maximum Gasteiger partial charge on any atom is 0.266 e. The fourth-order valence-corrected chi connectivity index (χ4v) is 0.860. The van der Waals surface area contributed by atoms with Crippen LogP contribution in [-0.2, 0) is 0 Å². The number of nitrogens with zero attached hydrogens (tertiary/aromatic N) is 1. The fraction of sp³-hybridized carbons (Fsp3) is 0.571. The molecule has 0 fully saturated rings. The van der Waals surface area contributed by atoms with E-state index in [9.17, 15) is 4.79 Å². The second-order valence-corrected chi connectivity index (χ2v) is 2.43. The number of rotatable bonds is 2. The summed E-state index contributed by atoms with van der Waals surface area (Å²) in [6, 6.07) is 1.81. The summed E-state index contributed by atoms with van der Waals surface area (Å²) in [5.74, 6) is 0. The lowest BCUT2D eigenvalue weighted by atomic mass is 10.3. The molecule has 3 nitrogen and oxygen atoms in total. The fourth-order valence-electron chi connectivity index (χ4n) is 0.860. The van der Waals surface area contributed by atoms with E-state index in [4.69, 9.17) is 0 Å². The van der Waals surface area contributed by atoms with Crippen molar-refractivity contribution in [3.05, 3.63) is 22.6 Å². The summed E-state index contributed by atoms with van der Waals surface area (Å²) in [6.07, 6.45) is 2.63. The van der Waals surface area contributed by atoms with Crippen LogP contribution in [0, 0.1) is 0 Å². The molecule has 0 radical (unpaired) electrons. The molecule has 56 valence electrons. The lowest BCUT2D eigenvalue weighted by molar-refractivity contribution is 0.465. The topological polar surface area (TPSA) is 37.8 Å². The van der Waals surface area contributed by atoms with Crippen molar-refractivity contribution in [1.82, 2.24) is 9.78 Å². The minimum atomic E-state index is 0.0503. The number of hydrogen-bond acceptors (Lipinski definition) is 1. The van der Waals surface area contributed by atoms with Crippen LogP contribution in [0.15, 0.2) is 17.1 Å². The molecular formula is C7H12N2O. The summed E-state index contributed by atoms with van der Waals surface area (Å²) in [7, 11) is 0. The van der Waals surface area contributed by atoms with E-state index in [1.165, 1.54) is 6.07 Å². The van der Waals surface area contributed by atoms with Crippen LogP contribution < -0.4 is 5.56 Å². The van der Waals surface area contributed by atoms with Crippen molar-refractivity contribution in [2.24, 2.45) is 0 Å². The van der Waals surface area contributed by atoms with Crippen molar-refractivity contribution in [2.45, 2.75) is 26.3 Å². The van der Waals surface area contributed by atoms with Crippen molar-refractivity contribution in [3.63, 3.8) is 0 Å². The zero-order chi connectivity index (χ0) is 7.56. The first kappa shape index (κ1) is 7.12. The van der Waals surface area contributed by atoms with E-state index in [1.807, 2.05) is 6.92 Å². The van der Waals surface area contributed by atoms with Crippen LogP contribution in [0.2, 0.25) is 0 Å². The number of nitrogens with one attached hydrogen (secondary N) is 1. The highest BCUT2D eigenvalue weighted by molar-refractivity contribution is 4.82. The van der Waals surface area contributed by atoms with Crippen LogP contribution >= 0.6 is 0 Å². The SMILES string of the molecule is CCC(C)n1[nH]ccc1=O. The molecule has 3 heteroatoms. The zero-order valence-corrected chi connectivity index (χ0v) is 6.29. The van der Waals surface area contributed by atoms with E-state index >= 15 is 0 Å². The molecule has 10 heavy (non-hydrogen) atoms. The molecule has 0 spiro atoms. The maximum atomic E-state index is 11.0. The molecule has 1 heterocycles. The monoisotopic (exact) mass is 140 g/mol. The van der Waals surface area contributed by atoms with Gasteiger partial charge in [0.1, 0.15) is 0 Å². The number of aromatic amines is 1. The lowest BCUT2D eigenvalue weighted by Gasteiger charge is -2.07. The van der Waals surface area contributed by atoms with Gasteiger partial charge in [-0.15, -0.1) is 0 Å². The predicted octanol–water partition coefficient (Wildman–Crippen LogP) is 1.15. The average Bonchev–Trinajstić information content (AvgIpc) is 2.34. The highest BCUT2D eigenvalue weighted by Gasteiger charge is 2.02. The van der Waals surface area contributed by atoms with Gasteiger partial charge in [0.15, 0.2) is 0 Å². The summed E-state index contributed by atoms with van der Waals surface area (Å²) in [5, 5.41) is 2.86. The van der Waals surface area contributed by atoms with Crippen LogP contribution in [-0.4, -0.2) is 9.78 Å². The van der Waals surface area contributed by atoms with Crippen LogP contribution in [0.5, 0.6) is 0 Å². The summed E-state index contributed by atoms with van der Waals surface area (Å²) < 4.78 is 1.62. The summed E-state index contributed by atoms with van der Waals surface area (Å²) >= 11 is 0. The standard InChI is InChI=1S/C7H12N2O/c1-3-6(2)9-7(10)4-5-8-9/h4-6,8H,3H2,1-2H3. The van der Waals surface area contributed by atoms with E-state index in [2.05, 4.69) is 12.0 Å². The third-order valence-corrected chi connectivity index (χ3v) is 1.71. The quantitative estimate of drug-likeness (QED) is 0.657. The van der Waals surface area contributed by atoms with E-state index in [0.717, 1.165) is 6.42 Å². The van der Waals surface area contributed by atoms with Crippen molar-refractivity contribution in [3.8, 4) is 0 Å². The molecule has 1 unspecified atom stereocenters. The van der Waals surface area contributed by atoms with Gasteiger partial charge < -0.3 is 5.10 Å². The van der Waals surface area contributed by atoms with Crippen molar-refractivity contribution in [2.75, 3.05) is 0 Å². The Labute approximate surface area is 59.7 Å². The normalized spacial score (nSPS) is 13.4. The van der Waals surface area contributed by atoms with Crippen LogP contribution in [0.3, 0.4) is 0 Å². The Morgan fingerprint density at radius 2 is 2.50 bits per heavy atom. The van der Waals surface area contributed by atoms with Crippen molar-refractivity contribution >= 4 is 0 Å². The van der Waals surface area contributed by atoms with Crippen LogP contribution in [0.1, 0.15) is 26.3 Å². The van der Waals surface area contributed by atoms with Gasteiger partial charge in [0.05, 0.1) is 6.04 Å². The highest BCUT2D eigenvalue weighted by Crippen LogP contribution is 2.02. The molecule has 1 atom stereocenters. The van der Waals surface area contributed by atoms with E-state index in [-0.39, 0.29) is 11.6 Å². The van der Waals surface area contributed by atoms with Gasteiger partial charge in [-0.05, 0) is 13.3 Å². The Balaban J connectivity index is 2.93. The van der Waals surface area contributed by atoms with Gasteiger partial charge in [0.25, 0.3) is 5.56 Å². The second kappa shape index (κ2) is 2.73. The number of hydrogen-bond donors (Lipinski definition) is 1. The molecule has 0 saturated heterocycles. The molecule has 0 bridgehead atoms. The van der Waals surface area contributed by atoms with Gasteiger partial charge in [-0.2, -0.15) is 0 Å². The minimum Gasteiger partial charge on any atom is -0.303 e. The van der Waals surface area contributed by atoms with E-state index < -0.39 is 0 Å².